The number of amidine groups is 1. The van der Waals surface area contributed by atoms with Gasteiger partial charge in [0, 0.05) is 42.7 Å². The van der Waals surface area contributed by atoms with Crippen LogP contribution in [0.4, 0.5) is 30.7 Å². The molecule has 0 aliphatic carbocycles. The number of amides is 2. The highest BCUT2D eigenvalue weighted by atomic mass is 32.2. The number of alkyl halides is 7. The van der Waals surface area contributed by atoms with E-state index >= 15 is 0 Å². The zero-order chi connectivity index (χ0) is 38.4. The number of benzene rings is 2. The third kappa shape index (κ3) is 8.28. The van der Waals surface area contributed by atoms with Crippen LogP contribution in [0.2, 0.25) is 0 Å². The monoisotopic (exact) mass is 762 g/mol. The van der Waals surface area contributed by atoms with Crippen molar-refractivity contribution in [3.63, 3.8) is 0 Å². The lowest BCUT2D eigenvalue weighted by molar-refractivity contribution is -0.153. The summed E-state index contributed by atoms with van der Waals surface area (Å²) in [5, 5.41) is 13.7. The van der Waals surface area contributed by atoms with Crippen molar-refractivity contribution in [3.8, 4) is 5.75 Å². The molecular formula is C34H37F7N4O6S. The number of likely N-dealkylation sites (tertiary alicyclic amines) is 1. The zero-order valence-corrected chi connectivity index (χ0v) is 29.2. The average Bonchev–Trinajstić information content (AvgIpc) is 3.37. The third-order valence-corrected chi connectivity index (χ3v) is 11.1. The second kappa shape index (κ2) is 14.1. The molecule has 3 aliphatic heterocycles. The molecule has 3 aliphatic rings. The number of rotatable bonds is 9. The minimum absolute atomic E-state index is 0.0964. The number of aryl methyl sites for hydroxylation is 2. The first-order chi connectivity index (χ1) is 24.0. The summed E-state index contributed by atoms with van der Waals surface area (Å²) in [6.07, 6.45) is -7.12. The lowest BCUT2D eigenvalue weighted by Gasteiger charge is -2.36. The molecule has 284 valence electrons. The summed E-state index contributed by atoms with van der Waals surface area (Å²) >= 11 is 0. The van der Waals surface area contributed by atoms with Crippen LogP contribution in [0.5, 0.6) is 5.75 Å². The number of hydrogen-bond donors (Lipinski definition) is 2. The SMILES string of the molecule is Cc1cc(C(=O)N2CCC(C)(O)CC2)cc(C)c1/C=C/S(=O)(=O)N1CCC2(CC1)N=C(c1ccc(C(F)(F)F)c(OCC(F)(F)C(F)F)c1)NC2=O. The average molecular weight is 763 g/mol. The number of nitrogens with zero attached hydrogens (tertiary/aromatic N) is 3. The Balaban J connectivity index is 1.28. The van der Waals surface area contributed by atoms with Crippen LogP contribution in [0, 0.1) is 13.8 Å². The molecule has 0 bridgehead atoms. The first-order valence-electron chi connectivity index (χ1n) is 16.3. The number of piperidine rings is 2. The first-order valence-corrected chi connectivity index (χ1v) is 17.8. The molecule has 0 aromatic heterocycles. The number of nitrogens with one attached hydrogen (secondary N) is 1. The molecule has 3 heterocycles. The number of halogens is 7. The summed E-state index contributed by atoms with van der Waals surface area (Å²) in [5.74, 6) is -6.96. The molecule has 18 heteroatoms. The Kier molecular flexibility index (Phi) is 10.6. The van der Waals surface area contributed by atoms with Crippen LogP contribution in [-0.2, 0) is 21.0 Å². The predicted molar refractivity (Wildman–Crippen MR) is 176 cm³/mol. The number of aliphatic hydroxyl groups is 1. The second-order valence-electron chi connectivity index (χ2n) is 13.6. The Morgan fingerprint density at radius 3 is 2.17 bits per heavy atom. The molecule has 0 unspecified atom stereocenters. The van der Waals surface area contributed by atoms with Gasteiger partial charge in [-0.2, -0.15) is 26.3 Å². The maximum absolute atomic E-state index is 13.5. The van der Waals surface area contributed by atoms with Crippen LogP contribution in [0.1, 0.15) is 70.8 Å². The van der Waals surface area contributed by atoms with Gasteiger partial charge in [-0.25, -0.2) is 17.2 Å². The van der Waals surface area contributed by atoms with E-state index in [0.29, 0.717) is 60.3 Å². The summed E-state index contributed by atoms with van der Waals surface area (Å²) in [4.78, 5) is 32.2. The molecule has 2 saturated heterocycles. The van der Waals surface area contributed by atoms with Gasteiger partial charge in [-0.1, -0.05) is 6.07 Å². The summed E-state index contributed by atoms with van der Waals surface area (Å²) in [7, 11) is -4.01. The van der Waals surface area contributed by atoms with Gasteiger partial charge in [-0.05, 0) is 93.5 Å². The molecule has 0 saturated carbocycles. The van der Waals surface area contributed by atoms with Gasteiger partial charge in [0.15, 0.2) is 6.61 Å². The molecule has 0 radical (unpaired) electrons. The van der Waals surface area contributed by atoms with Crippen molar-refractivity contribution in [3.05, 3.63) is 69.1 Å². The summed E-state index contributed by atoms with van der Waals surface area (Å²) in [6.45, 7) is 3.74. The molecule has 2 aromatic rings. The van der Waals surface area contributed by atoms with E-state index in [-0.39, 0.29) is 43.2 Å². The van der Waals surface area contributed by atoms with Crippen molar-refractivity contribution < 1.29 is 58.6 Å². The van der Waals surface area contributed by atoms with E-state index in [2.05, 4.69) is 15.0 Å². The topological polar surface area (TPSA) is 129 Å². The van der Waals surface area contributed by atoms with E-state index in [1.807, 2.05) is 0 Å². The highest BCUT2D eigenvalue weighted by Crippen LogP contribution is 2.39. The molecule has 1 spiro atoms. The third-order valence-electron chi connectivity index (χ3n) is 9.56. The summed E-state index contributed by atoms with van der Waals surface area (Å²) in [6, 6.07) is 5.42. The van der Waals surface area contributed by atoms with Crippen molar-refractivity contribution >= 4 is 33.7 Å². The van der Waals surface area contributed by atoms with Crippen molar-refractivity contribution in [2.24, 2.45) is 4.99 Å². The quantitative estimate of drug-likeness (QED) is 0.334. The Morgan fingerprint density at radius 2 is 1.62 bits per heavy atom. The van der Waals surface area contributed by atoms with Crippen molar-refractivity contribution in [1.82, 2.24) is 14.5 Å². The maximum Gasteiger partial charge on any atom is 0.419 e. The fraction of sp³-hybridized carbons (Fsp3) is 0.500. The smallest absolute Gasteiger partial charge is 0.419 e. The van der Waals surface area contributed by atoms with Crippen molar-refractivity contribution in [2.75, 3.05) is 32.8 Å². The van der Waals surface area contributed by atoms with E-state index in [4.69, 9.17) is 0 Å². The van der Waals surface area contributed by atoms with Gasteiger partial charge >= 0.3 is 18.5 Å². The standard InChI is InChI=1S/C34H37F7N4O6S/c1-20-16-23(28(46)44-11-7-31(3,48)8-12-44)17-21(2)24(20)6-15-52(49,50)45-13-9-32(10-14-45)30(47)42-27(43-32)22-4-5-25(34(39,40)41)26(18-22)51-19-33(37,38)29(35)36/h4-6,15-18,29,48H,7-14,19H2,1-3H3,(H,42,43,47)/b15-6+. The van der Waals surface area contributed by atoms with Crippen LogP contribution in [0.3, 0.4) is 0 Å². The van der Waals surface area contributed by atoms with Crippen LogP contribution < -0.4 is 10.1 Å². The number of carbonyl (C=O) groups excluding carboxylic acids is 2. The van der Waals surface area contributed by atoms with E-state index in [9.17, 15) is 53.8 Å². The maximum atomic E-state index is 13.5. The van der Waals surface area contributed by atoms with E-state index in [0.717, 1.165) is 15.8 Å². The number of hydrogen-bond acceptors (Lipinski definition) is 7. The molecule has 0 atom stereocenters. The molecule has 2 aromatic carbocycles. The van der Waals surface area contributed by atoms with E-state index in [1.165, 1.54) is 6.08 Å². The lowest BCUT2D eigenvalue weighted by atomic mass is 9.89. The Labute approximate surface area is 295 Å². The molecule has 2 N–H and O–H groups in total. The molecule has 52 heavy (non-hydrogen) atoms. The van der Waals surface area contributed by atoms with E-state index in [1.54, 1.807) is 37.8 Å². The minimum Gasteiger partial charge on any atom is -0.486 e. The van der Waals surface area contributed by atoms with Crippen molar-refractivity contribution in [2.45, 2.75) is 76.1 Å². The molecule has 2 fully saturated rings. The van der Waals surface area contributed by atoms with Gasteiger partial charge in [-0.3, -0.25) is 14.6 Å². The fourth-order valence-corrected chi connectivity index (χ4v) is 7.51. The largest absolute Gasteiger partial charge is 0.486 e. The van der Waals surface area contributed by atoms with Gasteiger partial charge in [-0.15, -0.1) is 0 Å². The fourth-order valence-electron chi connectivity index (χ4n) is 6.34. The molecule has 10 nitrogen and oxygen atoms in total. The molecular weight excluding hydrogens is 725 g/mol. The van der Waals surface area contributed by atoms with E-state index < -0.39 is 63.5 Å². The Morgan fingerprint density at radius 1 is 1.02 bits per heavy atom. The first kappa shape index (κ1) is 39.2. The predicted octanol–water partition coefficient (Wildman–Crippen LogP) is 5.30. The zero-order valence-electron chi connectivity index (χ0n) is 28.4. The summed E-state index contributed by atoms with van der Waals surface area (Å²) in [5.41, 5.74) is -1.59. The van der Waals surface area contributed by atoms with Crippen LogP contribution >= 0.6 is 0 Å². The normalized spacial score (nSPS) is 19.7. The number of sulfonamides is 1. The second-order valence-corrected chi connectivity index (χ2v) is 15.4. The number of carbonyl (C=O) groups is 2. The van der Waals surface area contributed by atoms with Gasteiger partial charge in [0.25, 0.3) is 11.8 Å². The van der Waals surface area contributed by atoms with Gasteiger partial charge in [0.2, 0.25) is 10.0 Å². The highest BCUT2D eigenvalue weighted by molar-refractivity contribution is 7.92. The number of ether oxygens (including phenoxy) is 1. The molecule has 2 amide bonds. The summed E-state index contributed by atoms with van der Waals surface area (Å²) < 4.78 is 125. The molecule has 5 rings (SSSR count). The lowest BCUT2D eigenvalue weighted by Crippen LogP contribution is -2.50. The van der Waals surface area contributed by atoms with Crippen LogP contribution in [-0.4, -0.2) is 96.7 Å². The van der Waals surface area contributed by atoms with Gasteiger partial charge < -0.3 is 20.1 Å². The highest BCUT2D eigenvalue weighted by Gasteiger charge is 2.48. The van der Waals surface area contributed by atoms with Crippen molar-refractivity contribution in [1.29, 1.82) is 0 Å². The minimum atomic E-state index is -5.08. The number of aliphatic imine (C=N–C) groups is 1. The van der Waals surface area contributed by atoms with Gasteiger partial charge in [0.05, 0.1) is 11.2 Å². The Hall–Kier alpha value is -4.03. The van der Waals surface area contributed by atoms with Gasteiger partial charge in [0.1, 0.15) is 17.1 Å². The van der Waals surface area contributed by atoms with Crippen LogP contribution in [0.25, 0.3) is 6.08 Å². The Bertz CT molecular complexity index is 1870. The van der Waals surface area contributed by atoms with Crippen LogP contribution in [0.15, 0.2) is 40.7 Å².